The lowest BCUT2D eigenvalue weighted by Crippen LogP contribution is -1.87. The fraction of sp³-hybridized carbons (Fsp3) is 0.154. The van der Waals surface area contributed by atoms with Gasteiger partial charge in [-0.25, -0.2) is 0 Å². The molecular formula is C13H12ClN. The van der Waals surface area contributed by atoms with E-state index >= 15 is 0 Å². The second-order valence-corrected chi connectivity index (χ2v) is 4.09. The highest BCUT2D eigenvalue weighted by Crippen LogP contribution is 2.30. The summed E-state index contributed by atoms with van der Waals surface area (Å²) in [7, 11) is 0. The lowest BCUT2D eigenvalue weighted by molar-refractivity contribution is 1.26. The van der Waals surface area contributed by atoms with Crippen LogP contribution in [0.25, 0.3) is 11.1 Å². The molecule has 1 heterocycles. The Morgan fingerprint density at radius 3 is 2.60 bits per heavy atom. The third-order valence-electron chi connectivity index (χ3n) is 2.39. The first-order valence-corrected chi connectivity index (χ1v) is 5.23. The van der Waals surface area contributed by atoms with Gasteiger partial charge in [0.15, 0.2) is 0 Å². The van der Waals surface area contributed by atoms with Gasteiger partial charge in [-0.2, -0.15) is 0 Å². The van der Waals surface area contributed by atoms with Crippen LogP contribution in [0, 0.1) is 13.8 Å². The van der Waals surface area contributed by atoms with Crippen LogP contribution in [0.3, 0.4) is 0 Å². The Balaban J connectivity index is 2.63. The maximum Gasteiger partial charge on any atom is 0.0487 e. The summed E-state index contributed by atoms with van der Waals surface area (Å²) in [5, 5.41) is 0.780. The third-order valence-corrected chi connectivity index (χ3v) is 2.70. The maximum absolute atomic E-state index is 6.19. The van der Waals surface area contributed by atoms with Gasteiger partial charge in [-0.1, -0.05) is 23.7 Å². The molecule has 0 spiro atoms. The van der Waals surface area contributed by atoms with E-state index in [2.05, 4.69) is 24.0 Å². The molecule has 1 aromatic carbocycles. The van der Waals surface area contributed by atoms with Gasteiger partial charge in [-0.05, 0) is 37.1 Å². The highest BCUT2D eigenvalue weighted by Gasteiger charge is 2.06. The number of hydrogen-bond acceptors (Lipinski definition) is 1. The highest BCUT2D eigenvalue weighted by atomic mass is 35.5. The first kappa shape index (κ1) is 10.2. The zero-order valence-electron chi connectivity index (χ0n) is 8.79. The number of pyridine rings is 1. The SMILES string of the molecule is Cc1cncc(-c2c(C)cccc2Cl)c1. The van der Waals surface area contributed by atoms with Gasteiger partial charge < -0.3 is 0 Å². The summed E-state index contributed by atoms with van der Waals surface area (Å²) < 4.78 is 0. The predicted molar refractivity (Wildman–Crippen MR) is 64.2 cm³/mol. The molecule has 2 aromatic rings. The molecule has 1 aromatic heterocycles. The molecule has 0 bridgehead atoms. The van der Waals surface area contributed by atoms with Crippen LogP contribution in [0.1, 0.15) is 11.1 Å². The molecule has 1 nitrogen and oxygen atoms in total. The molecule has 0 atom stereocenters. The quantitative estimate of drug-likeness (QED) is 0.703. The van der Waals surface area contributed by atoms with Gasteiger partial charge in [0, 0.05) is 28.5 Å². The van der Waals surface area contributed by atoms with E-state index in [1.807, 2.05) is 31.5 Å². The number of rotatable bonds is 1. The zero-order chi connectivity index (χ0) is 10.8. The fourth-order valence-corrected chi connectivity index (χ4v) is 2.02. The van der Waals surface area contributed by atoms with E-state index in [1.54, 1.807) is 0 Å². The predicted octanol–water partition coefficient (Wildman–Crippen LogP) is 4.02. The van der Waals surface area contributed by atoms with Crippen LogP contribution in [0.4, 0.5) is 0 Å². The number of halogens is 1. The number of benzene rings is 1. The minimum Gasteiger partial charge on any atom is -0.264 e. The lowest BCUT2D eigenvalue weighted by Gasteiger charge is -2.08. The van der Waals surface area contributed by atoms with Crippen molar-refractivity contribution in [2.75, 3.05) is 0 Å². The molecule has 2 rings (SSSR count). The summed E-state index contributed by atoms with van der Waals surface area (Å²) in [4.78, 5) is 4.18. The molecular weight excluding hydrogens is 206 g/mol. The van der Waals surface area contributed by atoms with E-state index in [1.165, 1.54) is 5.56 Å². The Morgan fingerprint density at radius 2 is 1.93 bits per heavy atom. The average Bonchev–Trinajstić information content (AvgIpc) is 2.17. The molecule has 76 valence electrons. The van der Waals surface area contributed by atoms with Gasteiger partial charge >= 0.3 is 0 Å². The van der Waals surface area contributed by atoms with Crippen LogP contribution in [0.5, 0.6) is 0 Å². The van der Waals surface area contributed by atoms with Gasteiger partial charge in [0.25, 0.3) is 0 Å². The van der Waals surface area contributed by atoms with Crippen LogP contribution in [-0.4, -0.2) is 4.98 Å². The molecule has 0 radical (unpaired) electrons. The minimum atomic E-state index is 0.780. The summed E-state index contributed by atoms with van der Waals surface area (Å²) in [6, 6.07) is 8.03. The smallest absolute Gasteiger partial charge is 0.0487 e. The van der Waals surface area contributed by atoms with Crippen molar-refractivity contribution in [1.29, 1.82) is 0 Å². The molecule has 0 saturated heterocycles. The summed E-state index contributed by atoms with van der Waals surface area (Å²) in [5.41, 5.74) is 4.48. The van der Waals surface area contributed by atoms with E-state index in [4.69, 9.17) is 11.6 Å². The van der Waals surface area contributed by atoms with Crippen molar-refractivity contribution in [3.8, 4) is 11.1 Å². The summed E-state index contributed by atoms with van der Waals surface area (Å²) in [6.07, 6.45) is 3.69. The Labute approximate surface area is 94.7 Å². The molecule has 2 heteroatoms. The second-order valence-electron chi connectivity index (χ2n) is 3.68. The monoisotopic (exact) mass is 217 g/mol. The Kier molecular flexibility index (Phi) is 2.74. The topological polar surface area (TPSA) is 12.9 Å². The molecule has 0 amide bonds. The molecule has 0 saturated carbocycles. The average molecular weight is 218 g/mol. The Bertz CT molecular complexity index is 471. The molecule has 0 aliphatic heterocycles. The standard InChI is InChI=1S/C13H12ClN/c1-9-6-11(8-15-7-9)13-10(2)4-3-5-12(13)14/h3-8H,1-2H3. The van der Waals surface area contributed by atoms with Crippen molar-refractivity contribution in [2.24, 2.45) is 0 Å². The fourth-order valence-electron chi connectivity index (χ4n) is 1.69. The maximum atomic E-state index is 6.19. The number of aryl methyl sites for hydroxylation is 2. The van der Waals surface area contributed by atoms with Crippen LogP contribution < -0.4 is 0 Å². The van der Waals surface area contributed by atoms with Gasteiger partial charge in [0.1, 0.15) is 0 Å². The van der Waals surface area contributed by atoms with Crippen molar-refractivity contribution in [3.63, 3.8) is 0 Å². The lowest BCUT2D eigenvalue weighted by atomic mass is 10.0. The van der Waals surface area contributed by atoms with Gasteiger partial charge in [0.2, 0.25) is 0 Å². The van der Waals surface area contributed by atoms with Crippen LogP contribution in [-0.2, 0) is 0 Å². The van der Waals surface area contributed by atoms with Crippen molar-refractivity contribution < 1.29 is 0 Å². The summed E-state index contributed by atoms with van der Waals surface area (Å²) in [6.45, 7) is 4.09. The van der Waals surface area contributed by atoms with Gasteiger partial charge in [-0.15, -0.1) is 0 Å². The van der Waals surface area contributed by atoms with Gasteiger partial charge in [0.05, 0.1) is 0 Å². The van der Waals surface area contributed by atoms with Crippen LogP contribution in [0.15, 0.2) is 36.7 Å². The van der Waals surface area contributed by atoms with E-state index < -0.39 is 0 Å². The first-order valence-electron chi connectivity index (χ1n) is 4.85. The number of hydrogen-bond donors (Lipinski definition) is 0. The van der Waals surface area contributed by atoms with E-state index in [0.717, 1.165) is 21.7 Å². The molecule has 15 heavy (non-hydrogen) atoms. The summed E-state index contributed by atoms with van der Waals surface area (Å²) in [5.74, 6) is 0. The minimum absolute atomic E-state index is 0.780. The second kappa shape index (κ2) is 4.03. The van der Waals surface area contributed by atoms with E-state index in [-0.39, 0.29) is 0 Å². The summed E-state index contributed by atoms with van der Waals surface area (Å²) >= 11 is 6.19. The first-order chi connectivity index (χ1) is 7.18. The normalized spacial score (nSPS) is 10.3. The van der Waals surface area contributed by atoms with Crippen LogP contribution >= 0.6 is 11.6 Å². The molecule has 0 N–H and O–H groups in total. The van der Waals surface area contributed by atoms with Crippen LogP contribution in [0.2, 0.25) is 5.02 Å². The third kappa shape index (κ3) is 2.02. The molecule has 0 aliphatic rings. The highest BCUT2D eigenvalue weighted by molar-refractivity contribution is 6.33. The molecule has 0 aliphatic carbocycles. The Morgan fingerprint density at radius 1 is 1.13 bits per heavy atom. The zero-order valence-corrected chi connectivity index (χ0v) is 9.55. The largest absolute Gasteiger partial charge is 0.264 e. The molecule has 0 fully saturated rings. The number of nitrogens with zero attached hydrogens (tertiary/aromatic N) is 1. The van der Waals surface area contributed by atoms with Crippen molar-refractivity contribution in [3.05, 3.63) is 52.8 Å². The Hall–Kier alpha value is -1.34. The van der Waals surface area contributed by atoms with Crippen molar-refractivity contribution in [2.45, 2.75) is 13.8 Å². The molecule has 0 unspecified atom stereocenters. The number of aromatic nitrogens is 1. The van der Waals surface area contributed by atoms with Crippen molar-refractivity contribution in [1.82, 2.24) is 4.98 Å². The van der Waals surface area contributed by atoms with E-state index in [0.29, 0.717) is 0 Å². The van der Waals surface area contributed by atoms with Crippen molar-refractivity contribution >= 4 is 11.6 Å². The van der Waals surface area contributed by atoms with E-state index in [9.17, 15) is 0 Å². The van der Waals surface area contributed by atoms with Gasteiger partial charge in [-0.3, -0.25) is 4.98 Å².